The number of nitrogens with one attached hydrogen (secondary N) is 1. The molecule has 12 heteroatoms. The van der Waals surface area contributed by atoms with Crippen LogP contribution in [0.25, 0.3) is 22.1 Å². The van der Waals surface area contributed by atoms with Gasteiger partial charge in [-0.3, -0.25) is 4.79 Å². The fraction of sp³-hybridized carbons (Fsp3) is 0.412. The highest BCUT2D eigenvalue weighted by Crippen LogP contribution is 2.37. The molecule has 0 saturated carbocycles. The number of carbonyl (C=O) groups is 2. The third-order valence-corrected chi connectivity index (χ3v) is 8.21. The molecule has 1 aromatic heterocycles. The molecular weight excluding hydrogens is 595 g/mol. The number of aliphatic hydroxyl groups excluding tert-OH is 1. The van der Waals surface area contributed by atoms with Gasteiger partial charge in [-0.1, -0.05) is 38.2 Å². The lowest BCUT2D eigenvalue weighted by atomic mass is 9.87. The molecule has 246 valence electrons. The van der Waals surface area contributed by atoms with E-state index < -0.39 is 48.2 Å². The van der Waals surface area contributed by atoms with Crippen molar-refractivity contribution >= 4 is 39.8 Å². The van der Waals surface area contributed by atoms with Gasteiger partial charge in [0.1, 0.15) is 17.7 Å². The van der Waals surface area contributed by atoms with Crippen LogP contribution in [0, 0.1) is 17.7 Å². The molecular formula is C34H41FN4O7. The van der Waals surface area contributed by atoms with E-state index in [9.17, 15) is 24.2 Å². The number of anilines is 1. The van der Waals surface area contributed by atoms with Crippen LogP contribution in [-0.2, 0) is 25.4 Å². The Morgan fingerprint density at radius 3 is 2.50 bits per heavy atom. The Hall–Kier alpha value is -4.39. The van der Waals surface area contributed by atoms with Crippen LogP contribution in [-0.4, -0.2) is 70.8 Å². The molecule has 2 bridgehead atoms. The number of primary amides is 1. The maximum Gasteiger partial charge on any atom is 0.405 e. The number of aromatic hydroxyl groups is 1. The van der Waals surface area contributed by atoms with Crippen molar-refractivity contribution in [2.24, 2.45) is 17.6 Å². The zero-order valence-electron chi connectivity index (χ0n) is 26.8. The first kappa shape index (κ1) is 34.5. The minimum atomic E-state index is -0.995. The summed E-state index contributed by atoms with van der Waals surface area (Å²) in [6, 6.07) is 5.59. The van der Waals surface area contributed by atoms with Gasteiger partial charge in [-0.25, -0.2) is 19.2 Å². The van der Waals surface area contributed by atoms with Gasteiger partial charge in [0, 0.05) is 37.3 Å². The lowest BCUT2D eigenvalue weighted by molar-refractivity contribution is -0.112. The number of ether oxygens (including phenoxy) is 3. The number of aromatic nitrogens is 2. The lowest BCUT2D eigenvalue weighted by Crippen LogP contribution is -2.37. The number of rotatable bonds is 3. The number of fused-ring (bicyclic) bond motifs is 5. The normalized spacial score (nSPS) is 25.2. The number of carbonyl (C=O) groups excluding carboxylic acids is 2. The lowest BCUT2D eigenvalue weighted by Gasteiger charge is -2.29. The number of amides is 2. The second-order valence-corrected chi connectivity index (χ2v) is 11.8. The van der Waals surface area contributed by atoms with Crippen LogP contribution >= 0.6 is 0 Å². The molecule has 46 heavy (non-hydrogen) atoms. The standard InChI is InChI=1S/C34H41FN4O7/c1-17-12-22-29-25(37-24-15-21(35)10-11-23(24)38-29)16-26(31(22)41)39-33(42)18(2)8-7-9-27(44-5)32(46-34(36)43)20(4)14-19(3)30(40)28(13-17)45-6/h7-11,14-17,19,27-28,30,32,40-41H,12-13H2,1-6H3,(H2,36,43)(H,39,42). The zero-order chi connectivity index (χ0) is 33.7. The number of phenols is 1. The van der Waals surface area contributed by atoms with Crippen molar-refractivity contribution in [1.29, 1.82) is 0 Å². The minimum absolute atomic E-state index is 0.112. The Kier molecular flexibility index (Phi) is 11.1. The monoisotopic (exact) mass is 636 g/mol. The fourth-order valence-electron chi connectivity index (χ4n) is 5.74. The largest absolute Gasteiger partial charge is 0.505 e. The highest BCUT2D eigenvalue weighted by molar-refractivity contribution is 6.06. The number of phenolic OH excluding ortho intramolecular Hbond substituents is 1. The van der Waals surface area contributed by atoms with Gasteiger partial charge >= 0.3 is 6.09 Å². The molecule has 0 aliphatic carbocycles. The van der Waals surface area contributed by atoms with Gasteiger partial charge < -0.3 is 35.5 Å². The maximum atomic E-state index is 14.0. The number of halogens is 1. The molecule has 1 aliphatic heterocycles. The van der Waals surface area contributed by atoms with E-state index in [1.54, 1.807) is 38.2 Å². The number of nitrogens with two attached hydrogens (primary N) is 1. The molecule has 6 atom stereocenters. The molecule has 0 saturated heterocycles. The van der Waals surface area contributed by atoms with Gasteiger partial charge in [0.25, 0.3) is 5.91 Å². The fourth-order valence-corrected chi connectivity index (χ4v) is 5.74. The van der Waals surface area contributed by atoms with E-state index in [1.807, 2.05) is 13.8 Å². The third kappa shape index (κ3) is 7.87. The van der Waals surface area contributed by atoms with Crippen molar-refractivity contribution in [3.63, 3.8) is 0 Å². The average Bonchev–Trinajstić information content (AvgIpc) is 3.01. The number of benzene rings is 2. The number of allylic oxidation sites excluding steroid dienone is 2. The Morgan fingerprint density at radius 1 is 1.09 bits per heavy atom. The summed E-state index contributed by atoms with van der Waals surface area (Å²) < 4.78 is 30.7. The number of hydrogen-bond donors (Lipinski definition) is 4. The predicted octanol–water partition coefficient (Wildman–Crippen LogP) is 5.09. The van der Waals surface area contributed by atoms with Crippen molar-refractivity contribution < 1.29 is 38.4 Å². The molecule has 11 nitrogen and oxygen atoms in total. The number of nitrogens with zero attached hydrogens (tertiary/aromatic N) is 2. The molecule has 6 unspecified atom stereocenters. The highest BCUT2D eigenvalue weighted by Gasteiger charge is 2.30. The van der Waals surface area contributed by atoms with Crippen molar-refractivity contribution in [3.05, 3.63) is 71.1 Å². The molecule has 0 fully saturated rings. The van der Waals surface area contributed by atoms with E-state index in [0.717, 1.165) is 0 Å². The highest BCUT2D eigenvalue weighted by atomic mass is 19.1. The van der Waals surface area contributed by atoms with Crippen LogP contribution in [0.3, 0.4) is 0 Å². The first-order valence-electron chi connectivity index (χ1n) is 15.0. The summed E-state index contributed by atoms with van der Waals surface area (Å²) in [5, 5.41) is 25.6. The van der Waals surface area contributed by atoms with Crippen LogP contribution in [0.15, 0.2) is 59.7 Å². The number of aliphatic hydroxyl groups is 1. The Morgan fingerprint density at radius 2 is 1.83 bits per heavy atom. The molecule has 5 N–H and O–H groups in total. The van der Waals surface area contributed by atoms with E-state index in [0.29, 0.717) is 51.6 Å². The van der Waals surface area contributed by atoms with Crippen molar-refractivity contribution in [3.8, 4) is 5.75 Å². The van der Waals surface area contributed by atoms with E-state index in [4.69, 9.17) is 24.9 Å². The van der Waals surface area contributed by atoms with Gasteiger partial charge in [0.2, 0.25) is 0 Å². The van der Waals surface area contributed by atoms with Crippen LogP contribution in [0.4, 0.5) is 14.9 Å². The second kappa shape index (κ2) is 14.8. The molecule has 1 aliphatic rings. The van der Waals surface area contributed by atoms with Gasteiger partial charge in [-0.2, -0.15) is 0 Å². The first-order chi connectivity index (χ1) is 21.8. The van der Waals surface area contributed by atoms with E-state index in [2.05, 4.69) is 10.3 Å². The quantitative estimate of drug-likeness (QED) is 0.174. The number of methoxy groups -OCH3 is 2. The van der Waals surface area contributed by atoms with E-state index >= 15 is 0 Å². The summed E-state index contributed by atoms with van der Waals surface area (Å²) in [5.41, 5.74) is 8.37. The van der Waals surface area contributed by atoms with Crippen LogP contribution in [0.5, 0.6) is 5.75 Å². The molecule has 4 rings (SSSR count). The smallest absolute Gasteiger partial charge is 0.405 e. The molecule has 3 aromatic rings. The van der Waals surface area contributed by atoms with E-state index in [1.165, 1.54) is 38.5 Å². The average molecular weight is 637 g/mol. The topological polar surface area (TPSA) is 166 Å². The third-order valence-electron chi connectivity index (χ3n) is 8.21. The molecule has 2 heterocycles. The van der Waals surface area contributed by atoms with E-state index in [-0.39, 0.29) is 17.4 Å². The van der Waals surface area contributed by atoms with Crippen molar-refractivity contribution in [1.82, 2.24) is 9.97 Å². The Labute approximate surface area is 266 Å². The van der Waals surface area contributed by atoms with Crippen molar-refractivity contribution in [2.45, 2.75) is 65.0 Å². The molecule has 2 amide bonds. The number of hydrogen-bond acceptors (Lipinski definition) is 9. The second-order valence-electron chi connectivity index (χ2n) is 11.8. The predicted molar refractivity (Wildman–Crippen MR) is 173 cm³/mol. The van der Waals surface area contributed by atoms with Gasteiger partial charge in [-0.15, -0.1) is 0 Å². The maximum absolute atomic E-state index is 14.0. The Bertz CT molecular complexity index is 1710. The zero-order valence-corrected chi connectivity index (χ0v) is 26.8. The van der Waals surface area contributed by atoms with Gasteiger partial charge in [0.15, 0.2) is 6.10 Å². The minimum Gasteiger partial charge on any atom is -0.505 e. The summed E-state index contributed by atoms with van der Waals surface area (Å²) in [6.07, 6.45) is 2.98. The summed E-state index contributed by atoms with van der Waals surface area (Å²) in [5.74, 6) is -1.72. The summed E-state index contributed by atoms with van der Waals surface area (Å²) >= 11 is 0. The molecule has 2 aromatic carbocycles. The van der Waals surface area contributed by atoms with Crippen molar-refractivity contribution in [2.75, 3.05) is 19.5 Å². The molecule has 0 spiro atoms. The summed E-state index contributed by atoms with van der Waals surface area (Å²) in [4.78, 5) is 34.4. The summed E-state index contributed by atoms with van der Waals surface area (Å²) in [7, 11) is 2.96. The van der Waals surface area contributed by atoms with Crippen LogP contribution in [0.2, 0.25) is 0 Å². The summed E-state index contributed by atoms with van der Waals surface area (Å²) in [6.45, 7) is 7.11. The van der Waals surface area contributed by atoms with Crippen LogP contribution in [0.1, 0.15) is 39.7 Å². The van der Waals surface area contributed by atoms with Gasteiger partial charge in [0.05, 0.1) is 40.0 Å². The van der Waals surface area contributed by atoms with Crippen LogP contribution < -0.4 is 11.1 Å². The SMILES string of the molecule is COC1C=CC=C(C)C(=O)Nc2cc3nc4cc(F)ccc4nc3c(c2O)CC(C)CC(OC)C(O)C(C)C=C(C)C1OC(N)=O. The first-order valence-corrected chi connectivity index (χ1v) is 15.0. The molecule has 0 radical (unpaired) electrons. The Balaban J connectivity index is 1.86. The van der Waals surface area contributed by atoms with Gasteiger partial charge in [-0.05, 0) is 56.4 Å².